The Bertz CT molecular complexity index is 507. The Morgan fingerprint density at radius 2 is 2.19 bits per heavy atom. The topological polar surface area (TPSA) is 71.3 Å². The number of piperidine rings is 1. The molecule has 116 valence electrons. The third kappa shape index (κ3) is 3.78. The van der Waals surface area contributed by atoms with Crippen molar-refractivity contribution in [2.24, 2.45) is 5.92 Å². The van der Waals surface area contributed by atoms with Crippen molar-refractivity contribution in [2.75, 3.05) is 19.6 Å². The molecule has 1 saturated heterocycles. The van der Waals surface area contributed by atoms with Crippen molar-refractivity contribution in [3.8, 4) is 0 Å². The van der Waals surface area contributed by atoms with Crippen molar-refractivity contribution in [3.63, 3.8) is 0 Å². The van der Waals surface area contributed by atoms with Gasteiger partial charge in [-0.2, -0.15) is 4.98 Å². The van der Waals surface area contributed by atoms with E-state index in [-0.39, 0.29) is 18.4 Å². The average molecular weight is 296 g/mol. The van der Waals surface area contributed by atoms with Crippen molar-refractivity contribution >= 4 is 5.91 Å². The predicted molar refractivity (Wildman–Crippen MR) is 73.1 cm³/mol. The number of aryl methyl sites for hydroxylation is 1. The number of halogens is 1. The van der Waals surface area contributed by atoms with E-state index in [9.17, 15) is 9.18 Å². The van der Waals surface area contributed by atoms with E-state index in [1.165, 1.54) is 0 Å². The van der Waals surface area contributed by atoms with Gasteiger partial charge in [-0.05, 0) is 25.7 Å². The summed E-state index contributed by atoms with van der Waals surface area (Å²) < 4.78 is 19.6. The summed E-state index contributed by atoms with van der Waals surface area (Å²) in [5.74, 6) is 1.33. The first-order valence-electron chi connectivity index (χ1n) is 7.52. The van der Waals surface area contributed by atoms with Crippen LogP contribution in [-0.2, 0) is 11.3 Å². The fraction of sp³-hybridized carbons (Fsp3) is 0.786. The van der Waals surface area contributed by atoms with Crippen LogP contribution in [0.15, 0.2) is 4.52 Å². The molecule has 0 atom stereocenters. The quantitative estimate of drug-likeness (QED) is 0.884. The third-order valence-corrected chi connectivity index (χ3v) is 4.21. The molecule has 2 fully saturated rings. The fourth-order valence-corrected chi connectivity index (χ4v) is 2.63. The normalized spacial score (nSPS) is 22.2. The van der Waals surface area contributed by atoms with E-state index in [0.717, 1.165) is 12.8 Å². The predicted octanol–water partition coefficient (Wildman–Crippen LogP) is 1.21. The van der Waals surface area contributed by atoms with Crippen LogP contribution in [0.4, 0.5) is 4.39 Å². The van der Waals surface area contributed by atoms with Gasteiger partial charge in [-0.15, -0.1) is 0 Å². The van der Waals surface area contributed by atoms with Crippen LogP contribution in [0.2, 0.25) is 0 Å². The summed E-state index contributed by atoms with van der Waals surface area (Å²) in [6.07, 6.45) is 2.75. The molecule has 0 bridgehead atoms. The number of hydrogen-bond donors (Lipinski definition) is 1. The highest BCUT2D eigenvalue weighted by Gasteiger charge is 2.37. The summed E-state index contributed by atoms with van der Waals surface area (Å²) in [6.45, 7) is 3.76. The summed E-state index contributed by atoms with van der Waals surface area (Å²) in [4.78, 5) is 17.9. The number of hydrogen-bond acceptors (Lipinski definition) is 5. The number of amides is 1. The lowest BCUT2D eigenvalue weighted by atomic mass is 9.93. The second-order valence-electron chi connectivity index (χ2n) is 6.15. The molecule has 0 spiro atoms. The van der Waals surface area contributed by atoms with Crippen LogP contribution in [0.5, 0.6) is 0 Å². The maximum absolute atomic E-state index is 14.6. The highest BCUT2D eigenvalue weighted by Crippen LogP contribution is 2.30. The Hall–Kier alpha value is -1.50. The molecule has 0 unspecified atom stereocenters. The molecular weight excluding hydrogens is 275 g/mol. The van der Waals surface area contributed by atoms with Crippen molar-refractivity contribution in [3.05, 3.63) is 11.7 Å². The molecule has 21 heavy (non-hydrogen) atoms. The molecule has 1 amide bonds. The minimum Gasteiger partial charge on any atom is -0.353 e. The van der Waals surface area contributed by atoms with Gasteiger partial charge >= 0.3 is 0 Å². The van der Waals surface area contributed by atoms with Crippen molar-refractivity contribution in [2.45, 2.75) is 44.8 Å². The molecule has 1 aromatic heterocycles. The standard InChI is InChI=1S/C14H21FN4O2/c1-10-17-12(18-21-10)8-19-6-4-14(15,5-7-19)9-16-13(20)11-2-3-11/h11H,2-9H2,1H3,(H,16,20). The molecule has 1 saturated carbocycles. The lowest BCUT2D eigenvalue weighted by Gasteiger charge is -2.35. The van der Waals surface area contributed by atoms with Crippen LogP contribution >= 0.6 is 0 Å². The van der Waals surface area contributed by atoms with Gasteiger partial charge in [0.05, 0.1) is 13.1 Å². The number of nitrogens with zero attached hydrogens (tertiary/aromatic N) is 3. The number of alkyl halides is 1. The van der Waals surface area contributed by atoms with E-state index in [0.29, 0.717) is 44.2 Å². The van der Waals surface area contributed by atoms with E-state index in [1.807, 2.05) is 0 Å². The molecule has 2 heterocycles. The molecule has 1 aromatic rings. The zero-order valence-electron chi connectivity index (χ0n) is 12.3. The average Bonchev–Trinajstić information content (AvgIpc) is 3.23. The van der Waals surface area contributed by atoms with E-state index in [2.05, 4.69) is 20.4 Å². The summed E-state index contributed by atoms with van der Waals surface area (Å²) in [7, 11) is 0. The van der Waals surface area contributed by atoms with Gasteiger partial charge in [-0.3, -0.25) is 9.69 Å². The largest absolute Gasteiger partial charge is 0.353 e. The zero-order chi connectivity index (χ0) is 14.9. The fourth-order valence-electron chi connectivity index (χ4n) is 2.63. The van der Waals surface area contributed by atoms with E-state index < -0.39 is 5.67 Å². The molecule has 0 radical (unpaired) electrons. The Labute approximate surface area is 123 Å². The maximum Gasteiger partial charge on any atom is 0.223 e. The van der Waals surface area contributed by atoms with E-state index in [1.54, 1.807) is 6.92 Å². The smallest absolute Gasteiger partial charge is 0.223 e. The van der Waals surface area contributed by atoms with Crippen LogP contribution in [0, 0.1) is 12.8 Å². The van der Waals surface area contributed by atoms with Crippen LogP contribution in [-0.4, -0.2) is 46.3 Å². The maximum atomic E-state index is 14.6. The molecule has 6 nitrogen and oxygen atoms in total. The van der Waals surface area contributed by atoms with Gasteiger partial charge < -0.3 is 9.84 Å². The number of aromatic nitrogens is 2. The Morgan fingerprint density at radius 1 is 1.48 bits per heavy atom. The van der Waals surface area contributed by atoms with Crippen molar-refractivity contribution in [1.82, 2.24) is 20.4 Å². The first-order valence-corrected chi connectivity index (χ1v) is 7.52. The van der Waals surface area contributed by atoms with Crippen molar-refractivity contribution in [1.29, 1.82) is 0 Å². The van der Waals surface area contributed by atoms with Crippen LogP contribution in [0.3, 0.4) is 0 Å². The lowest BCUT2D eigenvalue weighted by Crippen LogP contribution is -2.48. The summed E-state index contributed by atoms with van der Waals surface area (Å²) in [5.41, 5.74) is -1.28. The number of carbonyl (C=O) groups is 1. The molecule has 1 aliphatic heterocycles. The third-order valence-electron chi connectivity index (χ3n) is 4.21. The second kappa shape index (κ2) is 5.71. The first-order chi connectivity index (χ1) is 10.0. The van der Waals surface area contributed by atoms with Gasteiger partial charge in [0.2, 0.25) is 11.8 Å². The Morgan fingerprint density at radius 3 is 2.76 bits per heavy atom. The van der Waals surface area contributed by atoms with Gasteiger partial charge in [0, 0.05) is 25.9 Å². The van der Waals surface area contributed by atoms with Crippen molar-refractivity contribution < 1.29 is 13.7 Å². The molecule has 2 aliphatic rings. The molecule has 3 rings (SSSR count). The monoisotopic (exact) mass is 296 g/mol. The molecule has 7 heteroatoms. The number of rotatable bonds is 5. The highest BCUT2D eigenvalue weighted by atomic mass is 19.1. The van der Waals surface area contributed by atoms with Gasteiger partial charge in [0.1, 0.15) is 5.67 Å². The van der Waals surface area contributed by atoms with Crippen LogP contribution in [0.1, 0.15) is 37.4 Å². The number of nitrogens with one attached hydrogen (secondary N) is 1. The number of likely N-dealkylation sites (tertiary alicyclic amines) is 1. The van der Waals surface area contributed by atoms with Gasteiger partial charge in [-0.1, -0.05) is 5.16 Å². The first kappa shape index (κ1) is 14.4. The Balaban J connectivity index is 1.43. The zero-order valence-corrected chi connectivity index (χ0v) is 12.3. The van der Waals surface area contributed by atoms with E-state index in [4.69, 9.17) is 4.52 Å². The summed E-state index contributed by atoms with van der Waals surface area (Å²) in [5, 5.41) is 6.60. The highest BCUT2D eigenvalue weighted by molar-refractivity contribution is 5.80. The second-order valence-corrected chi connectivity index (χ2v) is 6.15. The SMILES string of the molecule is Cc1nc(CN2CCC(F)(CNC(=O)C3CC3)CC2)no1. The minimum atomic E-state index is -1.28. The summed E-state index contributed by atoms with van der Waals surface area (Å²) >= 11 is 0. The summed E-state index contributed by atoms with van der Waals surface area (Å²) in [6, 6.07) is 0. The van der Waals surface area contributed by atoms with Gasteiger partial charge in [0.25, 0.3) is 0 Å². The molecular formula is C14H21FN4O2. The molecule has 0 aromatic carbocycles. The van der Waals surface area contributed by atoms with Crippen LogP contribution < -0.4 is 5.32 Å². The van der Waals surface area contributed by atoms with Gasteiger partial charge in [0.15, 0.2) is 5.82 Å². The number of carbonyl (C=O) groups excluding carboxylic acids is 1. The minimum absolute atomic E-state index is 0.0109. The molecule has 1 aliphatic carbocycles. The van der Waals surface area contributed by atoms with Crippen LogP contribution in [0.25, 0.3) is 0 Å². The van der Waals surface area contributed by atoms with E-state index >= 15 is 0 Å². The Kier molecular flexibility index (Phi) is 3.93. The lowest BCUT2D eigenvalue weighted by molar-refractivity contribution is -0.123. The van der Waals surface area contributed by atoms with Gasteiger partial charge in [-0.25, -0.2) is 4.39 Å². The molecule has 1 N–H and O–H groups in total.